The molecule has 0 fully saturated rings. The van der Waals surface area contributed by atoms with E-state index in [9.17, 15) is 13.5 Å². The average Bonchev–Trinajstić information content (AvgIpc) is 2.33. The first-order chi connectivity index (χ1) is 8.95. The van der Waals surface area contributed by atoms with Crippen molar-refractivity contribution in [2.75, 3.05) is 5.75 Å². The van der Waals surface area contributed by atoms with Crippen molar-refractivity contribution in [1.29, 1.82) is 0 Å². The molecule has 0 amide bonds. The topological polar surface area (TPSA) is 74.6 Å². The van der Waals surface area contributed by atoms with E-state index in [2.05, 4.69) is 6.92 Å². The van der Waals surface area contributed by atoms with Crippen LogP contribution in [0.3, 0.4) is 0 Å². The van der Waals surface area contributed by atoms with Gasteiger partial charge in [-0.2, -0.15) is 8.42 Å². The second-order valence-corrected chi connectivity index (χ2v) is 6.92. The molecule has 0 aromatic carbocycles. The third-order valence-electron chi connectivity index (χ3n) is 3.35. The van der Waals surface area contributed by atoms with Crippen LogP contribution in [0.4, 0.5) is 0 Å². The molecule has 2 N–H and O–H groups in total. The zero-order valence-electron chi connectivity index (χ0n) is 13.2. The summed E-state index contributed by atoms with van der Waals surface area (Å²) in [5.74, 6) is -0.342. The number of hydrogen-bond donors (Lipinski definition) is 2. The quantitative estimate of drug-likeness (QED) is 0.311. The zero-order valence-corrected chi connectivity index (χ0v) is 16.0. The molecule has 0 aromatic rings. The number of rotatable bonds is 13. The molecule has 1 radical (unpaired) electrons. The van der Waals surface area contributed by atoms with E-state index < -0.39 is 16.2 Å². The van der Waals surface area contributed by atoms with Gasteiger partial charge in [-0.3, -0.25) is 4.55 Å². The molecule has 0 saturated carbocycles. The maximum atomic E-state index is 10.5. The minimum atomic E-state index is -3.93. The summed E-state index contributed by atoms with van der Waals surface area (Å²) in [7, 11) is -3.93. The predicted molar refractivity (Wildman–Crippen MR) is 84.6 cm³/mol. The van der Waals surface area contributed by atoms with Gasteiger partial charge in [0.2, 0.25) is 0 Å². The molecule has 4 nitrogen and oxygen atoms in total. The Labute approximate surface area is 146 Å². The van der Waals surface area contributed by atoms with E-state index >= 15 is 0 Å². The van der Waals surface area contributed by atoms with Gasteiger partial charge in [-0.1, -0.05) is 64.7 Å². The molecule has 1 atom stereocenters. The van der Waals surface area contributed by atoms with Gasteiger partial charge in [0.25, 0.3) is 10.1 Å². The number of aliphatic hydroxyl groups is 1. The van der Waals surface area contributed by atoms with Crippen molar-refractivity contribution < 1.29 is 18.1 Å². The van der Waals surface area contributed by atoms with Gasteiger partial charge < -0.3 is 5.11 Å². The minimum Gasteiger partial charge on any atom is -0.393 e. The Bertz CT molecular complexity index is 294. The molecule has 0 spiro atoms. The normalized spacial score (nSPS) is 12.9. The van der Waals surface area contributed by atoms with Gasteiger partial charge in [-0.05, 0) is 12.8 Å². The Morgan fingerprint density at radius 3 is 1.75 bits per heavy atom. The van der Waals surface area contributed by atoms with Crippen LogP contribution in [0.1, 0.15) is 77.6 Å². The van der Waals surface area contributed by atoms with Crippen LogP contribution in [0.15, 0.2) is 0 Å². The molecule has 117 valence electrons. The zero-order chi connectivity index (χ0) is 14.6. The number of hydrogen-bond acceptors (Lipinski definition) is 3. The third kappa shape index (κ3) is 18.9. The molecule has 0 heterocycles. The van der Waals surface area contributed by atoms with E-state index in [0.717, 1.165) is 12.8 Å². The second-order valence-electron chi connectivity index (χ2n) is 5.35. The Balaban J connectivity index is 0. The van der Waals surface area contributed by atoms with Gasteiger partial charge in [0, 0.05) is 29.6 Å². The largest absolute Gasteiger partial charge is 0.393 e. The van der Waals surface area contributed by atoms with Crippen LogP contribution in [0, 0.1) is 0 Å². The van der Waals surface area contributed by atoms with Crippen molar-refractivity contribution in [2.45, 2.75) is 83.7 Å². The van der Waals surface area contributed by atoms with Crippen LogP contribution in [-0.2, 0) is 10.1 Å². The summed E-state index contributed by atoms with van der Waals surface area (Å²) in [5, 5.41) is 9.54. The Morgan fingerprint density at radius 2 is 1.30 bits per heavy atom. The van der Waals surface area contributed by atoms with Crippen molar-refractivity contribution in [2.24, 2.45) is 0 Å². The Morgan fingerprint density at radius 1 is 0.850 bits per heavy atom. The van der Waals surface area contributed by atoms with Gasteiger partial charge in [-0.25, -0.2) is 0 Å². The summed E-state index contributed by atoms with van der Waals surface area (Å²) in [4.78, 5) is 0. The van der Waals surface area contributed by atoms with E-state index in [1.165, 1.54) is 44.9 Å². The van der Waals surface area contributed by atoms with Crippen LogP contribution < -0.4 is 0 Å². The average molecular weight is 317 g/mol. The van der Waals surface area contributed by atoms with Crippen molar-refractivity contribution in [3.05, 3.63) is 0 Å². The van der Waals surface area contributed by atoms with Crippen LogP contribution in [0.25, 0.3) is 0 Å². The summed E-state index contributed by atoms with van der Waals surface area (Å²) in [6.45, 7) is 2.22. The molecule has 0 aliphatic heterocycles. The fourth-order valence-electron chi connectivity index (χ4n) is 2.12. The molecule has 0 aliphatic rings. The van der Waals surface area contributed by atoms with E-state index in [-0.39, 0.29) is 41.7 Å². The molecule has 0 rings (SSSR count). The van der Waals surface area contributed by atoms with E-state index in [1.54, 1.807) is 0 Å². The molecule has 0 saturated heterocycles. The number of aliphatic hydroxyl groups excluding tert-OH is 1. The molecular weight excluding hydrogens is 287 g/mol. The van der Waals surface area contributed by atoms with Gasteiger partial charge >= 0.3 is 0 Å². The van der Waals surface area contributed by atoms with Crippen LogP contribution >= 0.6 is 0 Å². The van der Waals surface area contributed by atoms with E-state index in [0.29, 0.717) is 6.42 Å². The first-order valence-corrected chi connectivity index (χ1v) is 9.20. The standard InChI is InChI=1S/C14H30O4S.Na/c1-2-3-4-5-6-7-8-9-10-11-14(15)12-13-19(16,17)18;/h14-15H,2-13H2,1H3,(H,16,17,18);. The summed E-state index contributed by atoms with van der Waals surface area (Å²) in [5.41, 5.74) is 0. The Kier molecular flexibility index (Phi) is 17.1. The molecule has 0 bridgehead atoms. The molecular formula is C14H30NaO4S. The van der Waals surface area contributed by atoms with Crippen molar-refractivity contribution >= 4 is 39.7 Å². The SMILES string of the molecule is CCCCCCCCCCCC(O)CCS(=O)(=O)O.[Na]. The number of unbranched alkanes of at least 4 members (excludes halogenated alkanes) is 8. The van der Waals surface area contributed by atoms with Crippen molar-refractivity contribution in [3.63, 3.8) is 0 Å². The molecule has 20 heavy (non-hydrogen) atoms. The molecule has 0 aromatic heterocycles. The van der Waals surface area contributed by atoms with E-state index in [4.69, 9.17) is 4.55 Å². The van der Waals surface area contributed by atoms with Crippen LogP contribution in [0.2, 0.25) is 0 Å². The predicted octanol–water partition coefficient (Wildman–Crippen LogP) is 3.17. The summed E-state index contributed by atoms with van der Waals surface area (Å²) in [6.07, 6.45) is 11.2. The van der Waals surface area contributed by atoms with E-state index in [1.807, 2.05) is 0 Å². The fourth-order valence-corrected chi connectivity index (χ4v) is 2.69. The first-order valence-electron chi connectivity index (χ1n) is 7.59. The smallest absolute Gasteiger partial charge is 0.264 e. The maximum absolute atomic E-state index is 10.5. The second kappa shape index (κ2) is 14.8. The third-order valence-corrected chi connectivity index (χ3v) is 4.10. The van der Waals surface area contributed by atoms with Crippen molar-refractivity contribution in [3.8, 4) is 0 Å². The first kappa shape index (κ1) is 23.1. The molecule has 1 unspecified atom stereocenters. The summed E-state index contributed by atoms with van der Waals surface area (Å²) in [6, 6.07) is 0. The van der Waals surface area contributed by atoms with Crippen molar-refractivity contribution in [1.82, 2.24) is 0 Å². The summed E-state index contributed by atoms with van der Waals surface area (Å²) < 4.78 is 29.6. The monoisotopic (exact) mass is 317 g/mol. The summed E-state index contributed by atoms with van der Waals surface area (Å²) >= 11 is 0. The van der Waals surface area contributed by atoms with Crippen LogP contribution in [-0.4, -0.2) is 59.5 Å². The Hall–Kier alpha value is 0.870. The van der Waals surface area contributed by atoms with Gasteiger partial charge in [-0.15, -0.1) is 0 Å². The van der Waals surface area contributed by atoms with Gasteiger partial charge in [0.15, 0.2) is 0 Å². The van der Waals surface area contributed by atoms with Gasteiger partial charge in [0.1, 0.15) is 0 Å². The maximum Gasteiger partial charge on any atom is 0.264 e. The van der Waals surface area contributed by atoms with Crippen LogP contribution in [0.5, 0.6) is 0 Å². The minimum absolute atomic E-state index is 0. The molecule has 0 aliphatic carbocycles. The van der Waals surface area contributed by atoms with Gasteiger partial charge in [0.05, 0.1) is 11.9 Å². The molecule has 6 heteroatoms. The fraction of sp³-hybridized carbons (Fsp3) is 1.00.